The minimum atomic E-state index is 0.638. The first-order valence-corrected chi connectivity index (χ1v) is 6.75. The van der Waals surface area contributed by atoms with E-state index in [0.717, 1.165) is 56.5 Å². The fourth-order valence-electron chi connectivity index (χ4n) is 2.30. The number of hydrogen-bond donors (Lipinski definition) is 1. The Labute approximate surface area is 109 Å². The van der Waals surface area contributed by atoms with E-state index >= 15 is 0 Å². The maximum absolute atomic E-state index is 5.59. The van der Waals surface area contributed by atoms with Crippen molar-refractivity contribution in [1.82, 2.24) is 14.9 Å². The number of likely N-dealkylation sites (N-methyl/N-ethyl adjacent to an activating group) is 1. The van der Waals surface area contributed by atoms with Crippen LogP contribution in [0.15, 0.2) is 6.07 Å². The Hall–Kier alpha value is -1.20. The van der Waals surface area contributed by atoms with Gasteiger partial charge in [0.05, 0.1) is 0 Å². The largest absolute Gasteiger partial charge is 0.338 e. The van der Waals surface area contributed by atoms with Gasteiger partial charge in [-0.2, -0.15) is 0 Å². The van der Waals surface area contributed by atoms with E-state index in [1.54, 1.807) is 0 Å². The molecule has 2 heterocycles. The molecule has 1 aromatic rings. The molecule has 0 atom stereocenters. The Morgan fingerprint density at radius 3 is 2.56 bits per heavy atom. The summed E-state index contributed by atoms with van der Waals surface area (Å²) in [7, 11) is 0. The highest BCUT2D eigenvalue weighted by Crippen LogP contribution is 2.13. The zero-order valence-corrected chi connectivity index (χ0v) is 11.4. The van der Waals surface area contributed by atoms with E-state index in [9.17, 15) is 0 Å². The second-order valence-corrected chi connectivity index (χ2v) is 4.76. The Kier molecular flexibility index (Phi) is 4.49. The van der Waals surface area contributed by atoms with Gasteiger partial charge in [0.2, 0.25) is 5.95 Å². The third-order valence-electron chi connectivity index (χ3n) is 3.40. The average Bonchev–Trinajstić information content (AvgIpc) is 2.38. The van der Waals surface area contributed by atoms with Crippen LogP contribution in [0.25, 0.3) is 0 Å². The molecular formula is C13H23N5. The summed E-state index contributed by atoms with van der Waals surface area (Å²) < 4.78 is 0. The highest BCUT2D eigenvalue weighted by molar-refractivity contribution is 5.33. The average molecular weight is 249 g/mol. The van der Waals surface area contributed by atoms with Crippen LogP contribution in [0.5, 0.6) is 0 Å². The summed E-state index contributed by atoms with van der Waals surface area (Å²) in [6, 6.07) is 2.03. The van der Waals surface area contributed by atoms with E-state index in [2.05, 4.69) is 26.7 Å². The lowest BCUT2D eigenvalue weighted by Gasteiger charge is -2.34. The summed E-state index contributed by atoms with van der Waals surface area (Å²) in [6.45, 7) is 10.2. The number of nitrogens with two attached hydrogens (primary N) is 1. The van der Waals surface area contributed by atoms with Crippen LogP contribution in [0.2, 0.25) is 0 Å². The van der Waals surface area contributed by atoms with Gasteiger partial charge in [0, 0.05) is 44.0 Å². The summed E-state index contributed by atoms with van der Waals surface area (Å²) >= 11 is 0. The lowest BCUT2D eigenvalue weighted by molar-refractivity contribution is 0.270. The predicted molar refractivity (Wildman–Crippen MR) is 73.9 cm³/mol. The van der Waals surface area contributed by atoms with Gasteiger partial charge < -0.3 is 15.5 Å². The van der Waals surface area contributed by atoms with Crippen LogP contribution in [0.3, 0.4) is 0 Å². The number of aromatic nitrogens is 2. The van der Waals surface area contributed by atoms with Gasteiger partial charge in [-0.1, -0.05) is 6.92 Å². The van der Waals surface area contributed by atoms with Crippen LogP contribution in [0.4, 0.5) is 5.95 Å². The monoisotopic (exact) mass is 249 g/mol. The molecule has 0 unspecified atom stereocenters. The molecule has 5 heteroatoms. The first-order valence-electron chi connectivity index (χ1n) is 6.75. The van der Waals surface area contributed by atoms with E-state index in [-0.39, 0.29) is 0 Å². The van der Waals surface area contributed by atoms with Crippen molar-refractivity contribution in [2.75, 3.05) is 44.2 Å². The van der Waals surface area contributed by atoms with Crippen molar-refractivity contribution < 1.29 is 0 Å². The van der Waals surface area contributed by atoms with E-state index in [0.29, 0.717) is 6.54 Å². The number of anilines is 1. The van der Waals surface area contributed by atoms with E-state index in [1.165, 1.54) is 0 Å². The summed E-state index contributed by atoms with van der Waals surface area (Å²) in [5.41, 5.74) is 7.68. The Morgan fingerprint density at radius 2 is 1.94 bits per heavy atom. The molecule has 0 aliphatic carbocycles. The maximum Gasteiger partial charge on any atom is 0.225 e. The highest BCUT2D eigenvalue weighted by atomic mass is 15.3. The molecule has 0 saturated carbocycles. The van der Waals surface area contributed by atoms with Gasteiger partial charge in [-0.15, -0.1) is 0 Å². The molecule has 2 N–H and O–H groups in total. The van der Waals surface area contributed by atoms with E-state index < -0.39 is 0 Å². The summed E-state index contributed by atoms with van der Waals surface area (Å²) in [5.74, 6) is 0.870. The minimum Gasteiger partial charge on any atom is -0.338 e. The molecule has 2 rings (SSSR count). The summed E-state index contributed by atoms with van der Waals surface area (Å²) in [5, 5.41) is 0. The topological polar surface area (TPSA) is 58.3 Å². The Bertz CT molecular complexity index is 385. The van der Waals surface area contributed by atoms with Gasteiger partial charge in [0.25, 0.3) is 0 Å². The Balaban J connectivity index is 2.08. The standard InChI is InChI=1S/C13H23N5/c1-3-17-6-8-18(9-7-17)13-15-11(2)10-12(16-13)4-5-14/h10H,3-9,14H2,1-2H3. The Morgan fingerprint density at radius 1 is 1.22 bits per heavy atom. The third kappa shape index (κ3) is 3.17. The van der Waals surface area contributed by atoms with Crippen molar-refractivity contribution in [3.8, 4) is 0 Å². The fourth-order valence-corrected chi connectivity index (χ4v) is 2.30. The zero-order chi connectivity index (χ0) is 13.0. The lowest BCUT2D eigenvalue weighted by Crippen LogP contribution is -2.46. The summed E-state index contributed by atoms with van der Waals surface area (Å²) in [4.78, 5) is 13.9. The molecule has 5 nitrogen and oxygen atoms in total. The first-order chi connectivity index (χ1) is 8.72. The molecule has 1 aliphatic rings. The number of hydrogen-bond acceptors (Lipinski definition) is 5. The lowest BCUT2D eigenvalue weighted by atomic mass is 10.2. The highest BCUT2D eigenvalue weighted by Gasteiger charge is 2.18. The van der Waals surface area contributed by atoms with Gasteiger partial charge >= 0.3 is 0 Å². The van der Waals surface area contributed by atoms with Gasteiger partial charge in [-0.3, -0.25) is 0 Å². The van der Waals surface area contributed by atoms with Crippen LogP contribution in [0, 0.1) is 6.92 Å². The molecular weight excluding hydrogens is 226 g/mol. The quantitative estimate of drug-likeness (QED) is 0.838. The van der Waals surface area contributed by atoms with Gasteiger partial charge in [0.15, 0.2) is 0 Å². The van der Waals surface area contributed by atoms with Crippen LogP contribution in [0.1, 0.15) is 18.3 Å². The molecule has 0 aromatic carbocycles. The van der Waals surface area contributed by atoms with Crippen molar-refractivity contribution in [2.24, 2.45) is 5.73 Å². The van der Waals surface area contributed by atoms with Crippen LogP contribution in [-0.2, 0) is 6.42 Å². The second kappa shape index (κ2) is 6.11. The smallest absolute Gasteiger partial charge is 0.225 e. The molecule has 1 aliphatic heterocycles. The van der Waals surface area contributed by atoms with Crippen molar-refractivity contribution in [3.63, 3.8) is 0 Å². The molecule has 0 spiro atoms. The van der Waals surface area contributed by atoms with Crippen molar-refractivity contribution >= 4 is 5.95 Å². The molecule has 100 valence electrons. The van der Waals surface area contributed by atoms with Crippen LogP contribution in [-0.4, -0.2) is 54.1 Å². The summed E-state index contributed by atoms with van der Waals surface area (Å²) in [6.07, 6.45) is 0.825. The van der Waals surface area contributed by atoms with Crippen molar-refractivity contribution in [1.29, 1.82) is 0 Å². The second-order valence-electron chi connectivity index (χ2n) is 4.76. The van der Waals surface area contributed by atoms with E-state index in [4.69, 9.17) is 5.73 Å². The predicted octanol–water partition coefficient (Wildman–Crippen LogP) is 0.428. The van der Waals surface area contributed by atoms with Crippen molar-refractivity contribution in [2.45, 2.75) is 20.3 Å². The molecule has 1 saturated heterocycles. The normalized spacial score (nSPS) is 17.2. The number of nitrogens with zero attached hydrogens (tertiary/aromatic N) is 4. The molecule has 0 radical (unpaired) electrons. The number of piperazine rings is 1. The van der Waals surface area contributed by atoms with Crippen LogP contribution >= 0.6 is 0 Å². The molecule has 0 amide bonds. The van der Waals surface area contributed by atoms with Gasteiger partial charge in [-0.05, 0) is 26.1 Å². The molecule has 18 heavy (non-hydrogen) atoms. The van der Waals surface area contributed by atoms with Gasteiger partial charge in [0.1, 0.15) is 0 Å². The first kappa shape index (κ1) is 13.2. The SMILES string of the molecule is CCN1CCN(c2nc(C)cc(CCN)n2)CC1. The minimum absolute atomic E-state index is 0.638. The molecule has 1 fully saturated rings. The number of aryl methyl sites for hydroxylation is 1. The third-order valence-corrected chi connectivity index (χ3v) is 3.40. The number of rotatable bonds is 4. The van der Waals surface area contributed by atoms with Crippen LogP contribution < -0.4 is 10.6 Å². The van der Waals surface area contributed by atoms with E-state index in [1.807, 2.05) is 13.0 Å². The zero-order valence-electron chi connectivity index (χ0n) is 11.4. The molecule has 1 aromatic heterocycles. The van der Waals surface area contributed by atoms with Crippen molar-refractivity contribution in [3.05, 3.63) is 17.5 Å². The fraction of sp³-hybridized carbons (Fsp3) is 0.692. The molecule has 0 bridgehead atoms. The maximum atomic E-state index is 5.59. The van der Waals surface area contributed by atoms with Gasteiger partial charge in [-0.25, -0.2) is 9.97 Å².